The molecule has 1 atom stereocenters. The maximum atomic E-state index is 10.5. The summed E-state index contributed by atoms with van der Waals surface area (Å²) in [5.74, 6) is 0. The molecular formula is C12H12Cl2N2OS. The molecule has 18 heavy (non-hydrogen) atoms. The first-order chi connectivity index (χ1) is 8.52. The molecular weight excluding hydrogens is 291 g/mol. The fourth-order valence-electron chi connectivity index (χ4n) is 1.96. The minimum Gasteiger partial charge on any atom is -0.330 e. The van der Waals surface area contributed by atoms with E-state index in [1.165, 1.54) is 0 Å². The Bertz CT molecular complexity index is 499. The van der Waals surface area contributed by atoms with E-state index in [1.54, 1.807) is 17.8 Å². The number of allylic oxidation sites excluding steroid dienone is 1. The number of rotatable bonds is 3. The van der Waals surface area contributed by atoms with Crippen molar-refractivity contribution in [2.24, 2.45) is 0 Å². The van der Waals surface area contributed by atoms with Crippen molar-refractivity contribution < 1.29 is 4.79 Å². The average molecular weight is 303 g/mol. The highest BCUT2D eigenvalue weighted by Crippen LogP contribution is 2.40. The van der Waals surface area contributed by atoms with Crippen LogP contribution in [0.1, 0.15) is 13.8 Å². The number of amides is 1. The number of carbonyl (C=O) groups excluding carboxylic acids is 1. The van der Waals surface area contributed by atoms with Gasteiger partial charge in [-0.05, 0) is 32.0 Å². The number of hydrogen-bond acceptors (Lipinski definition) is 3. The number of benzene rings is 1. The SMILES string of the molecule is CC1=C(NC=O)SC(C)N1c1cc(Cl)cc(Cl)c1. The Labute approximate surface area is 120 Å². The predicted molar refractivity (Wildman–Crippen MR) is 77.9 cm³/mol. The summed E-state index contributed by atoms with van der Waals surface area (Å²) in [5, 5.41) is 4.94. The fraction of sp³-hybridized carbons (Fsp3) is 0.250. The number of nitrogens with zero attached hydrogens (tertiary/aromatic N) is 1. The summed E-state index contributed by atoms with van der Waals surface area (Å²) in [4.78, 5) is 12.6. The van der Waals surface area contributed by atoms with Crippen molar-refractivity contribution in [1.29, 1.82) is 0 Å². The van der Waals surface area contributed by atoms with Gasteiger partial charge >= 0.3 is 0 Å². The molecule has 1 heterocycles. The van der Waals surface area contributed by atoms with Crippen LogP contribution in [0.5, 0.6) is 0 Å². The summed E-state index contributed by atoms with van der Waals surface area (Å²) in [6.07, 6.45) is 0.688. The second kappa shape index (κ2) is 5.43. The third-order valence-electron chi connectivity index (χ3n) is 2.66. The lowest BCUT2D eigenvalue weighted by Gasteiger charge is -2.25. The maximum absolute atomic E-state index is 10.5. The maximum Gasteiger partial charge on any atom is 0.211 e. The van der Waals surface area contributed by atoms with Gasteiger partial charge in [0.1, 0.15) is 0 Å². The number of carbonyl (C=O) groups is 1. The van der Waals surface area contributed by atoms with E-state index in [0.29, 0.717) is 16.5 Å². The number of halogens is 2. The average Bonchev–Trinajstić information content (AvgIpc) is 2.53. The number of hydrogen-bond donors (Lipinski definition) is 1. The normalized spacial score (nSPS) is 19.3. The van der Waals surface area contributed by atoms with Gasteiger partial charge in [0.25, 0.3) is 0 Å². The summed E-state index contributed by atoms with van der Waals surface area (Å²) in [6.45, 7) is 4.01. The van der Waals surface area contributed by atoms with Crippen molar-refractivity contribution in [1.82, 2.24) is 5.32 Å². The lowest BCUT2D eigenvalue weighted by atomic mass is 10.2. The van der Waals surface area contributed by atoms with Crippen LogP contribution in [0.15, 0.2) is 28.9 Å². The van der Waals surface area contributed by atoms with Gasteiger partial charge in [0, 0.05) is 21.4 Å². The molecule has 0 radical (unpaired) electrons. The van der Waals surface area contributed by atoms with Crippen LogP contribution in [0.2, 0.25) is 10.0 Å². The van der Waals surface area contributed by atoms with Crippen molar-refractivity contribution in [3.05, 3.63) is 39.0 Å². The minimum atomic E-state index is 0.182. The smallest absolute Gasteiger partial charge is 0.211 e. The second-order valence-corrected chi connectivity index (χ2v) is 6.09. The first kappa shape index (κ1) is 13.6. The second-order valence-electron chi connectivity index (χ2n) is 3.89. The Morgan fingerprint density at radius 1 is 1.33 bits per heavy atom. The highest BCUT2D eigenvalue weighted by atomic mass is 35.5. The van der Waals surface area contributed by atoms with E-state index in [0.717, 1.165) is 16.4 Å². The van der Waals surface area contributed by atoms with Gasteiger partial charge in [-0.2, -0.15) is 0 Å². The largest absolute Gasteiger partial charge is 0.330 e. The van der Waals surface area contributed by atoms with Crippen molar-refractivity contribution in [2.75, 3.05) is 4.90 Å². The van der Waals surface area contributed by atoms with Crippen LogP contribution in [0, 0.1) is 0 Å². The minimum absolute atomic E-state index is 0.182. The highest BCUT2D eigenvalue weighted by Gasteiger charge is 2.28. The number of anilines is 1. The topological polar surface area (TPSA) is 32.3 Å². The van der Waals surface area contributed by atoms with Crippen molar-refractivity contribution in [2.45, 2.75) is 19.2 Å². The Morgan fingerprint density at radius 3 is 2.50 bits per heavy atom. The molecule has 1 aliphatic rings. The summed E-state index contributed by atoms with van der Waals surface area (Å²) < 4.78 is 0. The highest BCUT2D eigenvalue weighted by molar-refractivity contribution is 8.04. The van der Waals surface area contributed by atoms with E-state index in [2.05, 4.69) is 17.1 Å². The number of thioether (sulfide) groups is 1. The van der Waals surface area contributed by atoms with Gasteiger partial charge in [-0.15, -0.1) is 0 Å². The van der Waals surface area contributed by atoms with Crippen molar-refractivity contribution in [3.8, 4) is 0 Å². The van der Waals surface area contributed by atoms with E-state index in [-0.39, 0.29) is 5.37 Å². The molecule has 1 aromatic carbocycles. The first-order valence-corrected chi connectivity index (χ1v) is 6.99. The molecule has 6 heteroatoms. The molecule has 1 aliphatic heterocycles. The Balaban J connectivity index is 2.40. The summed E-state index contributed by atoms with van der Waals surface area (Å²) in [5.41, 5.74) is 1.91. The van der Waals surface area contributed by atoms with Gasteiger partial charge in [0.15, 0.2) is 0 Å². The van der Waals surface area contributed by atoms with Crippen LogP contribution >= 0.6 is 35.0 Å². The van der Waals surface area contributed by atoms with Gasteiger partial charge in [0.2, 0.25) is 6.41 Å². The molecule has 2 rings (SSSR count). The Morgan fingerprint density at radius 2 is 1.94 bits per heavy atom. The van der Waals surface area contributed by atoms with Crippen LogP contribution < -0.4 is 10.2 Å². The number of nitrogens with one attached hydrogen (secondary N) is 1. The van der Waals surface area contributed by atoms with E-state index < -0.39 is 0 Å². The van der Waals surface area contributed by atoms with Crippen LogP contribution in [0.4, 0.5) is 5.69 Å². The molecule has 1 amide bonds. The molecule has 1 N–H and O–H groups in total. The molecule has 1 unspecified atom stereocenters. The molecule has 0 bridgehead atoms. The Hall–Kier alpha value is -0.840. The third kappa shape index (κ3) is 2.60. The van der Waals surface area contributed by atoms with Crippen LogP contribution in [-0.4, -0.2) is 11.8 Å². The van der Waals surface area contributed by atoms with Gasteiger partial charge in [-0.25, -0.2) is 0 Å². The molecule has 96 valence electrons. The molecule has 0 aliphatic carbocycles. The molecule has 0 spiro atoms. The zero-order chi connectivity index (χ0) is 13.3. The Kier molecular flexibility index (Phi) is 4.10. The van der Waals surface area contributed by atoms with Crippen LogP contribution in [0.3, 0.4) is 0 Å². The van der Waals surface area contributed by atoms with E-state index in [4.69, 9.17) is 23.2 Å². The predicted octanol–water partition coefficient (Wildman–Crippen LogP) is 3.83. The molecule has 3 nitrogen and oxygen atoms in total. The van der Waals surface area contributed by atoms with Crippen molar-refractivity contribution in [3.63, 3.8) is 0 Å². The van der Waals surface area contributed by atoms with Crippen LogP contribution in [-0.2, 0) is 4.79 Å². The van der Waals surface area contributed by atoms with Gasteiger partial charge in [-0.3, -0.25) is 4.79 Å². The van der Waals surface area contributed by atoms with Gasteiger partial charge in [0.05, 0.1) is 10.4 Å². The standard InChI is InChI=1S/C12H12Cl2N2OS/c1-7-12(15-6-17)18-8(2)16(7)11-4-9(13)3-10(14)5-11/h3-6,8H,1-2H3,(H,15,17). The first-order valence-electron chi connectivity index (χ1n) is 5.36. The van der Waals surface area contributed by atoms with E-state index >= 15 is 0 Å². The quantitative estimate of drug-likeness (QED) is 0.861. The zero-order valence-electron chi connectivity index (χ0n) is 9.91. The zero-order valence-corrected chi connectivity index (χ0v) is 12.2. The summed E-state index contributed by atoms with van der Waals surface area (Å²) in [6, 6.07) is 5.42. The summed E-state index contributed by atoms with van der Waals surface area (Å²) >= 11 is 13.6. The van der Waals surface area contributed by atoms with Gasteiger partial charge < -0.3 is 10.2 Å². The third-order valence-corrected chi connectivity index (χ3v) is 4.29. The fourth-order valence-corrected chi connectivity index (χ4v) is 3.59. The van der Waals surface area contributed by atoms with E-state index in [9.17, 15) is 4.79 Å². The molecule has 0 fully saturated rings. The monoisotopic (exact) mass is 302 g/mol. The lowest BCUT2D eigenvalue weighted by Crippen LogP contribution is -2.24. The summed E-state index contributed by atoms with van der Waals surface area (Å²) in [7, 11) is 0. The van der Waals surface area contributed by atoms with Gasteiger partial charge in [-0.1, -0.05) is 35.0 Å². The molecule has 0 aromatic heterocycles. The lowest BCUT2D eigenvalue weighted by molar-refractivity contribution is -0.108. The van der Waals surface area contributed by atoms with Crippen molar-refractivity contribution >= 4 is 47.1 Å². The molecule has 0 saturated heterocycles. The molecule has 1 aromatic rings. The molecule has 0 saturated carbocycles. The van der Waals surface area contributed by atoms with Crippen LogP contribution in [0.25, 0.3) is 0 Å². The van der Waals surface area contributed by atoms with E-state index in [1.807, 2.05) is 19.1 Å².